The van der Waals surface area contributed by atoms with Gasteiger partial charge in [0.15, 0.2) is 0 Å². The summed E-state index contributed by atoms with van der Waals surface area (Å²) in [6, 6.07) is 7.93. The Hall–Kier alpha value is -1.88. The number of esters is 1. The van der Waals surface area contributed by atoms with E-state index < -0.39 is 11.9 Å². The summed E-state index contributed by atoms with van der Waals surface area (Å²) in [6.07, 6.45) is 3.35. The molecule has 2 aliphatic rings. The fraction of sp³-hybridized carbons (Fsp3) is 0.556. The van der Waals surface area contributed by atoms with Gasteiger partial charge >= 0.3 is 11.9 Å². The van der Waals surface area contributed by atoms with Crippen LogP contribution in [0.3, 0.4) is 0 Å². The van der Waals surface area contributed by atoms with Gasteiger partial charge in [-0.15, -0.1) is 0 Å². The van der Waals surface area contributed by atoms with E-state index in [0.29, 0.717) is 19.3 Å². The van der Waals surface area contributed by atoms with Crippen LogP contribution < -0.4 is 0 Å². The van der Waals surface area contributed by atoms with Gasteiger partial charge in [-0.2, -0.15) is 0 Å². The van der Waals surface area contributed by atoms with Crippen LogP contribution in [-0.2, 0) is 31.9 Å². The van der Waals surface area contributed by atoms with Crippen LogP contribution in [0.25, 0.3) is 0 Å². The van der Waals surface area contributed by atoms with Gasteiger partial charge in [0.2, 0.25) is 0 Å². The lowest BCUT2D eigenvalue weighted by molar-refractivity contribution is -0.145. The van der Waals surface area contributed by atoms with Crippen molar-refractivity contribution in [1.82, 2.24) is 0 Å². The molecule has 0 aliphatic carbocycles. The molecule has 2 fully saturated rings. The van der Waals surface area contributed by atoms with Crippen LogP contribution in [0.1, 0.15) is 30.4 Å². The number of carboxylic acids is 1. The van der Waals surface area contributed by atoms with Gasteiger partial charge in [-0.05, 0) is 36.8 Å². The maximum atomic E-state index is 11.6. The molecule has 1 N–H and O–H groups in total. The van der Waals surface area contributed by atoms with Crippen molar-refractivity contribution in [3.8, 4) is 0 Å². The zero-order chi connectivity index (χ0) is 16.4. The smallest absolute Gasteiger partial charge is 0.309 e. The first-order valence-electron chi connectivity index (χ1n) is 8.12. The summed E-state index contributed by atoms with van der Waals surface area (Å²) in [7, 11) is 1.39. The van der Waals surface area contributed by atoms with E-state index in [1.807, 2.05) is 24.3 Å². The highest BCUT2D eigenvalue weighted by Crippen LogP contribution is 2.45. The predicted octanol–water partition coefficient (Wildman–Crippen LogP) is 2.21. The van der Waals surface area contributed by atoms with Crippen LogP contribution in [0, 0.1) is 11.8 Å². The van der Waals surface area contributed by atoms with Crippen molar-refractivity contribution in [3.63, 3.8) is 0 Å². The average Bonchev–Trinajstić information content (AvgIpc) is 3.14. The Morgan fingerprint density at radius 3 is 2.61 bits per heavy atom. The molecule has 0 aromatic heterocycles. The second-order valence-corrected chi connectivity index (χ2v) is 6.37. The van der Waals surface area contributed by atoms with E-state index >= 15 is 0 Å². The Kier molecular flexibility index (Phi) is 4.66. The lowest BCUT2D eigenvalue weighted by atomic mass is 9.75. The normalized spacial score (nSPS) is 28.7. The van der Waals surface area contributed by atoms with Crippen LogP contribution in [0.5, 0.6) is 0 Å². The minimum atomic E-state index is -0.755. The maximum absolute atomic E-state index is 11.6. The molecule has 0 amide bonds. The minimum Gasteiger partial charge on any atom is -0.481 e. The monoisotopic (exact) mass is 318 g/mol. The van der Waals surface area contributed by atoms with Gasteiger partial charge in [-0.3, -0.25) is 9.59 Å². The van der Waals surface area contributed by atoms with Gasteiger partial charge < -0.3 is 14.6 Å². The number of carboxylic acid groups (broad SMARTS) is 1. The molecule has 5 nitrogen and oxygen atoms in total. The Morgan fingerprint density at radius 2 is 1.91 bits per heavy atom. The molecule has 1 aromatic carbocycles. The fourth-order valence-electron chi connectivity index (χ4n) is 3.97. The first kappa shape index (κ1) is 16.0. The van der Waals surface area contributed by atoms with E-state index in [1.165, 1.54) is 7.11 Å². The molecule has 3 rings (SSSR count). The molecule has 0 radical (unpaired) electrons. The maximum Gasteiger partial charge on any atom is 0.309 e. The summed E-state index contributed by atoms with van der Waals surface area (Å²) in [5.74, 6) is -1.38. The molecule has 4 atom stereocenters. The molecular formula is C18H22O5. The standard InChI is InChI=1S/C18H22O5/c1-22-16(19)9-6-11-4-2-3-5-12(11)10-13-14-7-8-15(23-14)17(13)18(20)21/h2-5,13-15,17H,6-10H2,1H3,(H,20,21)/t13-,14-,15+,17-/m0/s1. The van der Waals surface area contributed by atoms with Gasteiger partial charge in [0, 0.05) is 12.3 Å². The van der Waals surface area contributed by atoms with Crippen LogP contribution >= 0.6 is 0 Å². The van der Waals surface area contributed by atoms with Crippen LogP contribution in [0.4, 0.5) is 0 Å². The molecule has 2 aliphatic heterocycles. The van der Waals surface area contributed by atoms with Crippen molar-refractivity contribution in [2.75, 3.05) is 7.11 Å². The molecule has 2 heterocycles. The molecular weight excluding hydrogens is 296 g/mol. The van der Waals surface area contributed by atoms with Crippen LogP contribution in [0.2, 0.25) is 0 Å². The molecule has 0 spiro atoms. The van der Waals surface area contributed by atoms with Crippen molar-refractivity contribution in [1.29, 1.82) is 0 Å². The Bertz CT molecular complexity index is 597. The van der Waals surface area contributed by atoms with Gasteiger partial charge in [0.25, 0.3) is 0 Å². The van der Waals surface area contributed by atoms with E-state index in [-0.39, 0.29) is 24.1 Å². The van der Waals surface area contributed by atoms with Gasteiger partial charge in [0.05, 0.1) is 25.2 Å². The molecule has 5 heteroatoms. The van der Waals surface area contributed by atoms with E-state index in [1.54, 1.807) is 0 Å². The summed E-state index contributed by atoms with van der Waals surface area (Å²) < 4.78 is 10.5. The fourth-order valence-corrected chi connectivity index (χ4v) is 3.97. The number of rotatable bonds is 6. The zero-order valence-corrected chi connectivity index (χ0v) is 13.2. The van der Waals surface area contributed by atoms with Crippen molar-refractivity contribution in [2.45, 2.75) is 44.3 Å². The molecule has 124 valence electrons. The van der Waals surface area contributed by atoms with E-state index in [2.05, 4.69) is 0 Å². The van der Waals surface area contributed by atoms with E-state index in [9.17, 15) is 14.7 Å². The molecule has 0 unspecified atom stereocenters. The number of ether oxygens (including phenoxy) is 2. The average molecular weight is 318 g/mol. The molecule has 1 aromatic rings. The lowest BCUT2D eigenvalue weighted by Gasteiger charge is -2.25. The van der Waals surface area contributed by atoms with Gasteiger partial charge in [-0.1, -0.05) is 24.3 Å². The number of methoxy groups -OCH3 is 1. The van der Waals surface area contributed by atoms with Crippen LogP contribution in [0.15, 0.2) is 24.3 Å². The van der Waals surface area contributed by atoms with Crippen molar-refractivity contribution in [3.05, 3.63) is 35.4 Å². The topological polar surface area (TPSA) is 72.8 Å². The third-order valence-corrected chi connectivity index (χ3v) is 5.11. The number of aryl methyl sites for hydroxylation is 1. The zero-order valence-electron chi connectivity index (χ0n) is 13.2. The van der Waals surface area contributed by atoms with Crippen molar-refractivity contribution >= 4 is 11.9 Å². The highest BCUT2D eigenvalue weighted by molar-refractivity contribution is 5.72. The number of benzene rings is 1. The summed E-state index contributed by atoms with van der Waals surface area (Å²) in [5.41, 5.74) is 2.20. The lowest BCUT2D eigenvalue weighted by Crippen LogP contribution is -2.34. The largest absolute Gasteiger partial charge is 0.481 e. The van der Waals surface area contributed by atoms with Crippen molar-refractivity contribution < 1.29 is 24.2 Å². The number of carbonyl (C=O) groups excluding carboxylic acids is 1. The minimum absolute atomic E-state index is 0.0190. The number of fused-ring (bicyclic) bond motifs is 2. The van der Waals surface area contributed by atoms with Crippen LogP contribution in [-0.4, -0.2) is 36.4 Å². The Balaban J connectivity index is 1.75. The highest BCUT2D eigenvalue weighted by Gasteiger charge is 2.52. The van der Waals surface area contributed by atoms with Gasteiger partial charge in [0.1, 0.15) is 0 Å². The highest BCUT2D eigenvalue weighted by atomic mass is 16.5. The van der Waals surface area contributed by atoms with E-state index in [4.69, 9.17) is 9.47 Å². The second kappa shape index (κ2) is 6.71. The summed E-state index contributed by atoms with van der Waals surface area (Å²) in [5, 5.41) is 9.52. The first-order chi connectivity index (χ1) is 11.1. The number of carbonyl (C=O) groups is 2. The third-order valence-electron chi connectivity index (χ3n) is 5.11. The SMILES string of the molecule is COC(=O)CCc1ccccc1C[C@@H]1[C@H](C(=O)O)[C@H]2CC[C@@H]1O2. The predicted molar refractivity (Wildman–Crippen MR) is 83.0 cm³/mol. The summed E-state index contributed by atoms with van der Waals surface area (Å²) in [6.45, 7) is 0. The molecule has 23 heavy (non-hydrogen) atoms. The molecule has 0 saturated carbocycles. The Morgan fingerprint density at radius 1 is 1.22 bits per heavy atom. The number of hydrogen-bond donors (Lipinski definition) is 1. The third kappa shape index (κ3) is 3.24. The number of hydrogen-bond acceptors (Lipinski definition) is 4. The first-order valence-corrected chi connectivity index (χ1v) is 8.12. The quantitative estimate of drug-likeness (QED) is 0.814. The Labute approximate surface area is 135 Å². The molecule has 2 saturated heterocycles. The summed E-state index contributed by atoms with van der Waals surface area (Å²) >= 11 is 0. The summed E-state index contributed by atoms with van der Waals surface area (Å²) in [4.78, 5) is 23.0. The van der Waals surface area contributed by atoms with Crippen molar-refractivity contribution in [2.24, 2.45) is 11.8 Å². The van der Waals surface area contributed by atoms with E-state index in [0.717, 1.165) is 24.0 Å². The van der Waals surface area contributed by atoms with Gasteiger partial charge in [-0.25, -0.2) is 0 Å². The second-order valence-electron chi connectivity index (χ2n) is 6.37. The molecule has 2 bridgehead atoms. The number of aliphatic carboxylic acids is 1.